The van der Waals surface area contributed by atoms with Crippen molar-refractivity contribution in [3.05, 3.63) is 46.5 Å². The van der Waals surface area contributed by atoms with E-state index in [1.807, 2.05) is 0 Å². The van der Waals surface area contributed by atoms with Gasteiger partial charge in [-0.05, 0) is 29.8 Å². The Labute approximate surface area is 159 Å². The first kappa shape index (κ1) is 20.6. The molecule has 0 spiro atoms. The summed E-state index contributed by atoms with van der Waals surface area (Å²) in [5.74, 6) is 0.301. The minimum absolute atomic E-state index is 0.0887. The lowest BCUT2D eigenvalue weighted by molar-refractivity contribution is -0.0512. The van der Waals surface area contributed by atoms with Crippen molar-refractivity contribution in [3.63, 3.8) is 0 Å². The van der Waals surface area contributed by atoms with E-state index in [2.05, 4.69) is 10.1 Å². The summed E-state index contributed by atoms with van der Waals surface area (Å²) in [5, 5.41) is 2.94. The van der Waals surface area contributed by atoms with E-state index in [-0.39, 0.29) is 28.6 Å². The van der Waals surface area contributed by atoms with E-state index in [0.717, 1.165) is 0 Å². The minimum atomic E-state index is -2.96. The first-order valence-electron chi connectivity index (χ1n) is 7.71. The molecule has 0 bridgehead atoms. The van der Waals surface area contributed by atoms with Crippen molar-refractivity contribution in [2.75, 3.05) is 21.3 Å². The first-order valence-corrected chi connectivity index (χ1v) is 8.08. The third-order valence-corrected chi connectivity index (χ3v) is 3.87. The number of nitrogens with one attached hydrogen (secondary N) is 1. The van der Waals surface area contributed by atoms with Crippen LogP contribution in [-0.4, -0.2) is 33.8 Å². The molecule has 0 atom stereocenters. The van der Waals surface area contributed by atoms with Gasteiger partial charge < -0.3 is 24.3 Å². The molecular weight excluding hydrogens is 384 g/mol. The van der Waals surface area contributed by atoms with Crippen molar-refractivity contribution in [1.82, 2.24) is 5.32 Å². The SMILES string of the molecule is COc1cc(CNC(=O)c2cc(Cl)c(OC)c(OC)c2)ccc1OC(F)F. The van der Waals surface area contributed by atoms with Gasteiger partial charge in [-0.25, -0.2) is 0 Å². The van der Waals surface area contributed by atoms with Gasteiger partial charge in [-0.2, -0.15) is 8.78 Å². The van der Waals surface area contributed by atoms with Gasteiger partial charge in [0.25, 0.3) is 5.91 Å². The molecule has 0 aromatic heterocycles. The lowest BCUT2D eigenvalue weighted by atomic mass is 10.1. The Bertz CT molecular complexity index is 817. The molecule has 6 nitrogen and oxygen atoms in total. The Morgan fingerprint density at radius 3 is 2.33 bits per heavy atom. The molecule has 27 heavy (non-hydrogen) atoms. The van der Waals surface area contributed by atoms with Crippen LogP contribution in [0.5, 0.6) is 23.0 Å². The molecule has 1 amide bonds. The summed E-state index contributed by atoms with van der Waals surface area (Å²) in [6.45, 7) is -2.82. The lowest BCUT2D eigenvalue weighted by Crippen LogP contribution is -2.23. The third kappa shape index (κ3) is 5.13. The topological polar surface area (TPSA) is 66.0 Å². The van der Waals surface area contributed by atoms with Crippen molar-refractivity contribution in [3.8, 4) is 23.0 Å². The van der Waals surface area contributed by atoms with Crippen LogP contribution in [0.3, 0.4) is 0 Å². The van der Waals surface area contributed by atoms with Crippen LogP contribution < -0.4 is 24.3 Å². The van der Waals surface area contributed by atoms with Crippen LogP contribution in [-0.2, 0) is 6.54 Å². The van der Waals surface area contributed by atoms with E-state index in [0.29, 0.717) is 17.1 Å². The third-order valence-electron chi connectivity index (χ3n) is 3.59. The van der Waals surface area contributed by atoms with Crippen molar-refractivity contribution in [2.24, 2.45) is 0 Å². The number of hydrogen-bond acceptors (Lipinski definition) is 5. The average Bonchev–Trinajstić information content (AvgIpc) is 2.65. The zero-order valence-electron chi connectivity index (χ0n) is 14.8. The summed E-state index contributed by atoms with van der Waals surface area (Å²) in [7, 11) is 4.21. The second-order valence-corrected chi connectivity index (χ2v) is 5.65. The molecule has 0 heterocycles. The van der Waals surface area contributed by atoms with Crippen molar-refractivity contribution < 1.29 is 32.5 Å². The largest absolute Gasteiger partial charge is 0.493 e. The number of benzene rings is 2. The molecule has 0 radical (unpaired) electrons. The van der Waals surface area contributed by atoms with Crippen LogP contribution in [0.1, 0.15) is 15.9 Å². The molecular formula is C18H18ClF2NO5. The second kappa shape index (κ2) is 9.27. The highest BCUT2D eigenvalue weighted by Crippen LogP contribution is 2.36. The van der Waals surface area contributed by atoms with Gasteiger partial charge in [0, 0.05) is 12.1 Å². The molecule has 0 aliphatic heterocycles. The number of hydrogen-bond donors (Lipinski definition) is 1. The van der Waals surface area contributed by atoms with Gasteiger partial charge in [0.15, 0.2) is 23.0 Å². The zero-order valence-corrected chi connectivity index (χ0v) is 15.6. The van der Waals surface area contributed by atoms with E-state index < -0.39 is 12.5 Å². The maximum absolute atomic E-state index is 12.4. The molecule has 9 heteroatoms. The number of rotatable bonds is 8. The van der Waals surface area contributed by atoms with Crippen molar-refractivity contribution in [2.45, 2.75) is 13.2 Å². The highest BCUT2D eigenvalue weighted by molar-refractivity contribution is 6.32. The second-order valence-electron chi connectivity index (χ2n) is 5.24. The molecule has 146 valence electrons. The van der Waals surface area contributed by atoms with Crippen LogP contribution in [0, 0.1) is 0 Å². The molecule has 0 aliphatic rings. The summed E-state index contributed by atoms with van der Waals surface area (Å²) in [6.07, 6.45) is 0. The lowest BCUT2D eigenvalue weighted by Gasteiger charge is -2.13. The molecule has 0 saturated carbocycles. The smallest absolute Gasteiger partial charge is 0.387 e. The van der Waals surface area contributed by atoms with E-state index in [9.17, 15) is 13.6 Å². The number of alkyl halides is 2. The van der Waals surface area contributed by atoms with Crippen LogP contribution >= 0.6 is 11.6 Å². The van der Waals surface area contributed by atoms with Crippen molar-refractivity contribution >= 4 is 17.5 Å². The fourth-order valence-electron chi connectivity index (χ4n) is 2.35. The van der Waals surface area contributed by atoms with Crippen LogP contribution in [0.15, 0.2) is 30.3 Å². The summed E-state index contributed by atoms with van der Waals surface area (Å²) in [4.78, 5) is 12.4. The Kier molecular flexibility index (Phi) is 7.06. The Balaban J connectivity index is 2.12. The van der Waals surface area contributed by atoms with Crippen LogP contribution in [0.2, 0.25) is 5.02 Å². The number of methoxy groups -OCH3 is 3. The predicted octanol–water partition coefficient (Wildman–Crippen LogP) is 3.90. The average molecular weight is 402 g/mol. The molecule has 0 fully saturated rings. The Hall–Kier alpha value is -2.74. The van der Waals surface area contributed by atoms with Gasteiger partial charge in [0.2, 0.25) is 0 Å². The van der Waals surface area contributed by atoms with Crippen LogP contribution in [0.25, 0.3) is 0 Å². The fraction of sp³-hybridized carbons (Fsp3) is 0.278. The molecule has 2 aromatic rings. The number of ether oxygens (including phenoxy) is 4. The molecule has 2 aromatic carbocycles. The summed E-state index contributed by atoms with van der Waals surface area (Å²) >= 11 is 6.10. The molecule has 0 saturated heterocycles. The monoisotopic (exact) mass is 401 g/mol. The van der Waals surface area contributed by atoms with Gasteiger partial charge in [0.1, 0.15) is 0 Å². The summed E-state index contributed by atoms with van der Waals surface area (Å²) < 4.78 is 44.4. The molecule has 0 unspecified atom stereocenters. The van der Waals surface area contributed by atoms with Gasteiger partial charge >= 0.3 is 6.61 Å². The van der Waals surface area contributed by atoms with Crippen LogP contribution in [0.4, 0.5) is 8.78 Å². The van der Waals surface area contributed by atoms with Gasteiger partial charge in [0.05, 0.1) is 26.4 Å². The number of carbonyl (C=O) groups excluding carboxylic acids is 1. The maximum Gasteiger partial charge on any atom is 0.387 e. The fourth-order valence-corrected chi connectivity index (χ4v) is 2.64. The summed E-state index contributed by atoms with van der Waals surface area (Å²) in [5.41, 5.74) is 0.913. The number of amides is 1. The molecule has 0 aliphatic carbocycles. The standard InChI is InChI=1S/C18H18ClF2NO5/c1-24-14-6-10(4-5-13(14)27-18(20)21)9-22-17(23)11-7-12(19)16(26-3)15(8-11)25-2/h4-8,18H,9H2,1-3H3,(H,22,23). The van der Waals surface area contributed by atoms with Gasteiger partial charge in [-0.1, -0.05) is 17.7 Å². The number of carbonyl (C=O) groups is 1. The Morgan fingerprint density at radius 1 is 1.04 bits per heavy atom. The first-order chi connectivity index (χ1) is 12.9. The van der Waals surface area contributed by atoms with E-state index in [1.54, 1.807) is 6.07 Å². The highest BCUT2D eigenvalue weighted by Gasteiger charge is 2.16. The maximum atomic E-state index is 12.4. The number of halogens is 3. The van der Waals surface area contributed by atoms with E-state index in [1.165, 1.54) is 45.6 Å². The molecule has 1 N–H and O–H groups in total. The predicted molar refractivity (Wildman–Crippen MR) is 95.4 cm³/mol. The zero-order chi connectivity index (χ0) is 20.0. The van der Waals surface area contributed by atoms with Crippen molar-refractivity contribution in [1.29, 1.82) is 0 Å². The normalized spacial score (nSPS) is 10.5. The van der Waals surface area contributed by atoms with Gasteiger partial charge in [-0.15, -0.1) is 0 Å². The Morgan fingerprint density at radius 2 is 1.74 bits per heavy atom. The van der Waals surface area contributed by atoms with E-state index >= 15 is 0 Å². The highest BCUT2D eigenvalue weighted by atomic mass is 35.5. The minimum Gasteiger partial charge on any atom is -0.493 e. The quantitative estimate of drug-likeness (QED) is 0.726. The summed E-state index contributed by atoms with van der Waals surface area (Å²) in [6, 6.07) is 7.35. The van der Waals surface area contributed by atoms with E-state index in [4.69, 9.17) is 25.8 Å². The van der Waals surface area contributed by atoms with Gasteiger partial charge in [-0.3, -0.25) is 4.79 Å². The molecule has 2 rings (SSSR count).